The summed E-state index contributed by atoms with van der Waals surface area (Å²) >= 11 is 0. The van der Waals surface area contributed by atoms with E-state index in [1.165, 1.54) is 18.6 Å². The monoisotopic (exact) mass is 694 g/mol. The molecule has 14 nitrogen and oxygen atoms in total. The molecule has 6 atom stereocenters. The van der Waals surface area contributed by atoms with Crippen molar-refractivity contribution in [2.45, 2.75) is 117 Å². The van der Waals surface area contributed by atoms with Gasteiger partial charge in [0.05, 0.1) is 18.3 Å². The number of nitrogens with two attached hydrogens (primary N) is 1. The molecule has 6 amide bonds. The van der Waals surface area contributed by atoms with Gasteiger partial charge in [-0.25, -0.2) is 9.78 Å². The summed E-state index contributed by atoms with van der Waals surface area (Å²) in [7, 11) is 0. The minimum Gasteiger partial charge on any atom is -0.363 e. The molecular weight excluding hydrogens is 640 g/mol. The summed E-state index contributed by atoms with van der Waals surface area (Å²) in [5.74, 6) is -3.05. The van der Waals surface area contributed by atoms with Crippen LogP contribution < -0.4 is 27.0 Å². The normalized spacial score (nSPS) is 24.8. The Bertz CT molecular complexity index is 1450. The lowest BCUT2D eigenvalue weighted by Crippen LogP contribution is -2.61. The molecule has 1 aromatic rings. The number of ketones is 1. The maximum Gasteiger partial charge on any atom is 0.315 e. The minimum atomic E-state index is -1.09. The predicted octanol–water partition coefficient (Wildman–Crippen LogP) is 2.08. The van der Waals surface area contributed by atoms with Crippen LogP contribution in [0.15, 0.2) is 18.6 Å². The Hall–Kier alpha value is -4.10. The highest BCUT2D eigenvalue weighted by atomic mass is 16.2. The summed E-state index contributed by atoms with van der Waals surface area (Å²) < 4.78 is 0. The second-order valence-electron chi connectivity index (χ2n) is 16.4. The van der Waals surface area contributed by atoms with Crippen LogP contribution in [-0.2, 0) is 19.2 Å². The van der Waals surface area contributed by atoms with Gasteiger partial charge in [-0.1, -0.05) is 73.1 Å². The first-order valence-electron chi connectivity index (χ1n) is 18.1. The fourth-order valence-corrected chi connectivity index (χ4v) is 8.18. The molecule has 2 heterocycles. The third kappa shape index (κ3) is 8.26. The maximum absolute atomic E-state index is 14.6. The topological polar surface area (TPSA) is 206 Å². The summed E-state index contributed by atoms with van der Waals surface area (Å²) in [6, 6.07) is -3.80. The Morgan fingerprint density at radius 1 is 0.960 bits per heavy atom. The average Bonchev–Trinajstić information content (AvgIpc) is 3.36. The molecular formula is C36H54N8O6. The second kappa shape index (κ2) is 15.0. The number of fused-ring (bicyclic) bond motifs is 1. The molecule has 0 aromatic carbocycles. The van der Waals surface area contributed by atoms with Crippen molar-refractivity contribution in [1.29, 1.82) is 0 Å². The number of Topliss-reactive ketones (excluding diaryl/α,β-unsaturated/α-hetero) is 1. The van der Waals surface area contributed by atoms with Crippen LogP contribution in [-0.4, -0.2) is 87.6 Å². The van der Waals surface area contributed by atoms with E-state index in [-0.39, 0.29) is 47.2 Å². The van der Waals surface area contributed by atoms with E-state index < -0.39 is 59.1 Å². The number of hydrogen-bond acceptors (Lipinski definition) is 8. The third-order valence-corrected chi connectivity index (χ3v) is 11.7. The molecule has 4 aliphatic rings. The molecule has 5 rings (SSSR count). The second-order valence-corrected chi connectivity index (χ2v) is 16.4. The Kier molecular flexibility index (Phi) is 11.2. The van der Waals surface area contributed by atoms with Gasteiger partial charge in [0.25, 0.3) is 11.8 Å². The van der Waals surface area contributed by atoms with Crippen molar-refractivity contribution >= 4 is 35.4 Å². The van der Waals surface area contributed by atoms with Crippen molar-refractivity contribution in [3.05, 3.63) is 24.3 Å². The van der Waals surface area contributed by atoms with Gasteiger partial charge in [0.1, 0.15) is 17.8 Å². The van der Waals surface area contributed by atoms with Gasteiger partial charge < -0.3 is 31.9 Å². The van der Waals surface area contributed by atoms with Crippen molar-refractivity contribution in [1.82, 2.24) is 36.1 Å². The number of hydrogen-bond donors (Lipinski definition) is 5. The summed E-state index contributed by atoms with van der Waals surface area (Å²) in [5.41, 5.74) is 4.89. The predicted molar refractivity (Wildman–Crippen MR) is 184 cm³/mol. The lowest BCUT2D eigenvalue weighted by atomic mass is 9.80. The first-order chi connectivity index (χ1) is 23.6. The van der Waals surface area contributed by atoms with Crippen LogP contribution in [0.3, 0.4) is 0 Å². The van der Waals surface area contributed by atoms with Gasteiger partial charge >= 0.3 is 6.03 Å². The highest BCUT2D eigenvalue weighted by Crippen LogP contribution is 2.65. The molecule has 14 heteroatoms. The summed E-state index contributed by atoms with van der Waals surface area (Å²) in [4.78, 5) is 89.3. The molecule has 1 aromatic heterocycles. The van der Waals surface area contributed by atoms with Crippen LogP contribution in [0.2, 0.25) is 0 Å². The SMILES string of the molecule is CC(C)(C)[C@@H](CNC(=O)c1cnccn1)NC(=O)N[C@H](C(=O)N1C[C@H]2[C@@H]([C@H]1C(=O)NC(CC1CCC1)C(=O)C(N)=O)C2(C)C)C1CCCCC1. The van der Waals surface area contributed by atoms with E-state index in [1.807, 2.05) is 20.8 Å². The number of rotatable bonds is 13. The number of urea groups is 1. The molecule has 1 unspecified atom stereocenters. The Morgan fingerprint density at radius 2 is 1.66 bits per heavy atom. The van der Waals surface area contributed by atoms with Gasteiger partial charge in [-0.2, -0.15) is 0 Å². The molecule has 3 aliphatic carbocycles. The van der Waals surface area contributed by atoms with Crippen molar-refractivity contribution < 1.29 is 28.8 Å². The standard InChI is InChI=1S/C36H54N8O6/c1-35(2,3)25(18-40-31(47)24-17-38-14-15-39-24)42-34(50)43-27(21-12-7-6-8-13-21)33(49)44-19-22-26(36(22,4)5)28(44)32(48)41-23(29(45)30(37)46)16-20-10-9-11-20/h14-15,17,20-23,25-28H,6-13,16,18-19H2,1-5H3,(H2,37,46)(H,40,47)(H,41,48)(H2,42,43,50)/t22-,23?,25+,26-,27-,28-/m0/s1. The number of likely N-dealkylation sites (tertiary alicyclic amines) is 1. The number of amides is 6. The number of aromatic nitrogens is 2. The van der Waals surface area contributed by atoms with Crippen LogP contribution in [0.1, 0.15) is 103 Å². The maximum atomic E-state index is 14.6. The van der Waals surface area contributed by atoms with Crippen molar-refractivity contribution in [2.75, 3.05) is 13.1 Å². The first kappa shape index (κ1) is 37.2. The highest BCUT2D eigenvalue weighted by Gasteiger charge is 2.69. The largest absolute Gasteiger partial charge is 0.363 e. The molecule has 1 aliphatic heterocycles. The Labute approximate surface area is 294 Å². The van der Waals surface area contributed by atoms with Crippen molar-refractivity contribution in [3.63, 3.8) is 0 Å². The average molecular weight is 695 g/mol. The molecule has 4 fully saturated rings. The molecule has 0 bridgehead atoms. The van der Waals surface area contributed by atoms with Gasteiger partial charge in [-0.05, 0) is 53.8 Å². The van der Waals surface area contributed by atoms with E-state index in [4.69, 9.17) is 5.73 Å². The Balaban J connectivity index is 1.32. The zero-order valence-electron chi connectivity index (χ0n) is 30.0. The number of nitrogens with one attached hydrogen (secondary N) is 4. The number of carbonyl (C=O) groups excluding carboxylic acids is 6. The lowest BCUT2D eigenvalue weighted by molar-refractivity contribution is -0.144. The van der Waals surface area contributed by atoms with Gasteiger partial charge in [0, 0.05) is 25.5 Å². The van der Waals surface area contributed by atoms with Crippen molar-refractivity contribution in [2.24, 2.45) is 40.2 Å². The minimum absolute atomic E-state index is 0.0862. The molecule has 0 radical (unpaired) electrons. The van der Waals surface area contributed by atoms with Gasteiger partial charge in [0.15, 0.2) is 0 Å². The lowest BCUT2D eigenvalue weighted by Gasteiger charge is -2.38. The van der Waals surface area contributed by atoms with E-state index in [0.717, 1.165) is 51.4 Å². The number of piperidine rings is 1. The van der Waals surface area contributed by atoms with Crippen LogP contribution >= 0.6 is 0 Å². The molecule has 6 N–H and O–H groups in total. The fraction of sp³-hybridized carbons (Fsp3) is 0.722. The van der Waals surface area contributed by atoms with E-state index in [2.05, 4.69) is 45.1 Å². The zero-order valence-corrected chi connectivity index (χ0v) is 30.0. The van der Waals surface area contributed by atoms with Gasteiger partial charge in [0.2, 0.25) is 17.6 Å². The molecule has 274 valence electrons. The smallest absolute Gasteiger partial charge is 0.315 e. The van der Waals surface area contributed by atoms with Crippen LogP contribution in [0.25, 0.3) is 0 Å². The van der Waals surface area contributed by atoms with E-state index in [0.29, 0.717) is 13.0 Å². The van der Waals surface area contributed by atoms with Crippen molar-refractivity contribution in [3.8, 4) is 0 Å². The van der Waals surface area contributed by atoms with E-state index in [9.17, 15) is 28.8 Å². The number of primary amides is 1. The first-order valence-corrected chi connectivity index (χ1v) is 18.1. The number of nitrogens with zero attached hydrogens (tertiary/aromatic N) is 3. The van der Waals surface area contributed by atoms with E-state index in [1.54, 1.807) is 4.90 Å². The molecule has 50 heavy (non-hydrogen) atoms. The van der Waals surface area contributed by atoms with Gasteiger partial charge in [-0.15, -0.1) is 0 Å². The quantitative estimate of drug-likeness (QED) is 0.193. The summed E-state index contributed by atoms with van der Waals surface area (Å²) in [5, 5.41) is 11.6. The van der Waals surface area contributed by atoms with Crippen LogP contribution in [0, 0.1) is 34.5 Å². The molecule has 1 saturated heterocycles. The highest BCUT2D eigenvalue weighted by molar-refractivity contribution is 6.37. The van der Waals surface area contributed by atoms with E-state index >= 15 is 0 Å². The summed E-state index contributed by atoms with van der Waals surface area (Å²) in [6.45, 7) is 10.5. The van der Waals surface area contributed by atoms with Crippen LogP contribution in [0.4, 0.5) is 4.79 Å². The zero-order chi connectivity index (χ0) is 36.4. The fourth-order valence-electron chi connectivity index (χ4n) is 8.18. The van der Waals surface area contributed by atoms with Crippen LogP contribution in [0.5, 0.6) is 0 Å². The molecule has 0 spiro atoms. The third-order valence-electron chi connectivity index (χ3n) is 11.7. The number of carbonyl (C=O) groups is 6. The van der Waals surface area contributed by atoms with Gasteiger partial charge in [-0.3, -0.25) is 29.0 Å². The Morgan fingerprint density at radius 3 is 2.24 bits per heavy atom. The summed E-state index contributed by atoms with van der Waals surface area (Å²) in [6.07, 6.45) is 11.9. The molecule has 3 saturated carbocycles.